The number of hydrogen-bond donors (Lipinski definition) is 1. The second-order valence-electron chi connectivity index (χ2n) is 10.9. The fraction of sp³-hybridized carbons (Fsp3) is 0.406. The van der Waals surface area contributed by atoms with Crippen LogP contribution in [0.15, 0.2) is 72.8 Å². The molecule has 1 heterocycles. The summed E-state index contributed by atoms with van der Waals surface area (Å²) in [5.74, 6) is -0.0850. The molecule has 0 spiro atoms. The number of esters is 1. The minimum absolute atomic E-state index is 0.00261. The lowest BCUT2D eigenvalue weighted by Gasteiger charge is -2.34. The zero-order valence-electron chi connectivity index (χ0n) is 22.3. The van der Waals surface area contributed by atoms with Crippen molar-refractivity contribution in [2.24, 2.45) is 5.92 Å². The van der Waals surface area contributed by atoms with Gasteiger partial charge in [-0.05, 0) is 63.4 Å². The quantitative estimate of drug-likeness (QED) is 0.349. The number of nitrogens with one attached hydrogen (secondary N) is 1. The third kappa shape index (κ3) is 6.72. The summed E-state index contributed by atoms with van der Waals surface area (Å²) in [5, 5.41) is 3.78. The summed E-state index contributed by atoms with van der Waals surface area (Å²) in [6, 6.07) is 26.6. The summed E-state index contributed by atoms with van der Waals surface area (Å²) in [6.07, 6.45) is 3.23. The van der Waals surface area contributed by atoms with E-state index in [9.17, 15) is 4.79 Å². The van der Waals surface area contributed by atoms with Gasteiger partial charge in [0.15, 0.2) is 0 Å². The smallest absolute Gasteiger partial charge is 0.311 e. The van der Waals surface area contributed by atoms with Gasteiger partial charge in [-0.15, -0.1) is 0 Å². The number of benzene rings is 3. The highest BCUT2D eigenvalue weighted by molar-refractivity contribution is 5.74. The molecule has 2 fully saturated rings. The van der Waals surface area contributed by atoms with E-state index in [-0.39, 0.29) is 17.9 Å². The molecule has 5 heteroatoms. The van der Waals surface area contributed by atoms with Crippen LogP contribution in [-0.2, 0) is 22.5 Å². The third-order valence-corrected chi connectivity index (χ3v) is 7.46. The standard InChI is InChI=1S/C32H39N3O2/c1-23-8-12-25(13-9-23)18-28(22-37-32(36)27-20-34(3)21-27)33-30-6-4-5-7-31(30)35(29-16-17-29)19-26-14-10-24(2)11-15-26/h4-15,27-29,33H,16-22H2,1-3H3/t28-/m0/s1. The first kappa shape index (κ1) is 25.3. The monoisotopic (exact) mass is 497 g/mol. The van der Waals surface area contributed by atoms with Crippen LogP contribution in [0.2, 0.25) is 0 Å². The average molecular weight is 498 g/mol. The van der Waals surface area contributed by atoms with E-state index in [0.717, 1.165) is 31.7 Å². The van der Waals surface area contributed by atoms with Gasteiger partial charge in [-0.2, -0.15) is 0 Å². The Hall–Kier alpha value is -3.31. The fourth-order valence-corrected chi connectivity index (χ4v) is 5.06. The van der Waals surface area contributed by atoms with Gasteiger partial charge >= 0.3 is 5.97 Å². The first-order valence-electron chi connectivity index (χ1n) is 13.5. The number of hydrogen-bond acceptors (Lipinski definition) is 5. The Kier molecular flexibility index (Phi) is 7.80. The highest BCUT2D eigenvalue weighted by Gasteiger charge is 2.33. The molecule has 1 saturated heterocycles. The third-order valence-electron chi connectivity index (χ3n) is 7.46. The first-order chi connectivity index (χ1) is 17.9. The molecule has 0 unspecified atom stereocenters. The predicted molar refractivity (Wildman–Crippen MR) is 151 cm³/mol. The first-order valence-corrected chi connectivity index (χ1v) is 13.5. The predicted octanol–water partition coefficient (Wildman–Crippen LogP) is 5.60. The second-order valence-corrected chi connectivity index (χ2v) is 10.9. The van der Waals surface area contributed by atoms with E-state index in [1.807, 2.05) is 7.05 Å². The summed E-state index contributed by atoms with van der Waals surface area (Å²) < 4.78 is 5.85. The summed E-state index contributed by atoms with van der Waals surface area (Å²) in [7, 11) is 2.03. The lowest BCUT2D eigenvalue weighted by molar-refractivity contribution is -0.154. The minimum atomic E-state index is -0.0823. The molecule has 3 aromatic carbocycles. The maximum Gasteiger partial charge on any atom is 0.311 e. The molecule has 37 heavy (non-hydrogen) atoms. The molecule has 1 aliphatic heterocycles. The summed E-state index contributed by atoms with van der Waals surface area (Å²) in [6.45, 7) is 7.04. The van der Waals surface area contributed by atoms with Gasteiger partial charge in [0.2, 0.25) is 0 Å². The Labute approximate surface area is 221 Å². The van der Waals surface area contributed by atoms with Crippen LogP contribution < -0.4 is 10.2 Å². The van der Waals surface area contributed by atoms with Crippen LogP contribution in [0.5, 0.6) is 0 Å². The van der Waals surface area contributed by atoms with Crippen molar-refractivity contribution in [3.63, 3.8) is 0 Å². The number of likely N-dealkylation sites (tertiary alicyclic amines) is 1. The molecule has 0 aromatic heterocycles. The van der Waals surface area contributed by atoms with Crippen molar-refractivity contribution in [1.29, 1.82) is 0 Å². The van der Waals surface area contributed by atoms with Gasteiger partial charge in [-0.3, -0.25) is 4.79 Å². The highest BCUT2D eigenvalue weighted by Crippen LogP contribution is 2.37. The summed E-state index contributed by atoms with van der Waals surface area (Å²) in [5.41, 5.74) is 7.40. The molecule has 2 aliphatic rings. The van der Waals surface area contributed by atoms with Gasteiger partial charge in [0.1, 0.15) is 6.61 Å². The summed E-state index contributed by atoms with van der Waals surface area (Å²) in [4.78, 5) is 17.3. The molecule has 1 N–H and O–H groups in total. The maximum absolute atomic E-state index is 12.6. The lowest BCUT2D eigenvalue weighted by Crippen LogP contribution is -2.49. The Bertz CT molecular complexity index is 1180. The van der Waals surface area contributed by atoms with Crippen LogP contribution in [0.4, 0.5) is 11.4 Å². The average Bonchev–Trinajstić information content (AvgIpc) is 3.72. The SMILES string of the molecule is Cc1ccc(C[C@@H](COC(=O)C2CN(C)C2)Nc2ccccc2N(Cc2ccc(C)cc2)C2CC2)cc1. The molecule has 5 rings (SSSR count). The number of rotatable bonds is 11. The van der Waals surface area contributed by atoms with E-state index in [0.29, 0.717) is 12.6 Å². The number of nitrogens with zero attached hydrogens (tertiary/aromatic N) is 2. The van der Waals surface area contributed by atoms with Gasteiger partial charge in [0, 0.05) is 25.7 Å². The largest absolute Gasteiger partial charge is 0.463 e. The van der Waals surface area contributed by atoms with Gasteiger partial charge < -0.3 is 19.9 Å². The van der Waals surface area contributed by atoms with Crippen molar-refractivity contribution in [2.75, 3.05) is 37.0 Å². The Morgan fingerprint density at radius 2 is 1.57 bits per heavy atom. The molecule has 194 valence electrons. The van der Waals surface area contributed by atoms with E-state index in [1.165, 1.54) is 40.8 Å². The molecule has 0 amide bonds. The van der Waals surface area contributed by atoms with Crippen molar-refractivity contribution >= 4 is 17.3 Å². The van der Waals surface area contributed by atoms with Gasteiger partial charge in [-0.1, -0.05) is 71.8 Å². The Morgan fingerprint density at radius 1 is 0.946 bits per heavy atom. The van der Waals surface area contributed by atoms with E-state index >= 15 is 0 Å². The van der Waals surface area contributed by atoms with Gasteiger partial charge in [-0.25, -0.2) is 0 Å². The Morgan fingerprint density at radius 3 is 2.19 bits per heavy atom. The topological polar surface area (TPSA) is 44.8 Å². The molecule has 1 atom stereocenters. The number of aryl methyl sites for hydroxylation is 2. The molecule has 5 nitrogen and oxygen atoms in total. The lowest BCUT2D eigenvalue weighted by atomic mass is 10.0. The van der Waals surface area contributed by atoms with Crippen molar-refractivity contribution in [3.8, 4) is 0 Å². The molecule has 0 bridgehead atoms. The van der Waals surface area contributed by atoms with Crippen molar-refractivity contribution in [3.05, 3.63) is 95.1 Å². The van der Waals surface area contributed by atoms with Crippen LogP contribution in [0, 0.1) is 19.8 Å². The normalized spacial score (nSPS) is 16.6. The zero-order chi connectivity index (χ0) is 25.8. The molecular formula is C32H39N3O2. The molecule has 3 aromatic rings. The number of carbonyl (C=O) groups excluding carboxylic acids is 1. The number of anilines is 2. The molecular weight excluding hydrogens is 458 g/mol. The highest BCUT2D eigenvalue weighted by atomic mass is 16.5. The van der Waals surface area contributed by atoms with E-state index in [1.54, 1.807) is 0 Å². The maximum atomic E-state index is 12.6. The van der Waals surface area contributed by atoms with E-state index < -0.39 is 0 Å². The number of ether oxygens (including phenoxy) is 1. The van der Waals surface area contributed by atoms with Crippen LogP contribution in [0.1, 0.15) is 35.1 Å². The minimum Gasteiger partial charge on any atom is -0.463 e. The zero-order valence-corrected chi connectivity index (χ0v) is 22.3. The molecule has 1 saturated carbocycles. The summed E-state index contributed by atoms with van der Waals surface area (Å²) >= 11 is 0. The van der Waals surface area contributed by atoms with Crippen molar-refractivity contribution < 1.29 is 9.53 Å². The molecule has 1 aliphatic carbocycles. The fourth-order valence-electron chi connectivity index (χ4n) is 5.06. The van der Waals surface area contributed by atoms with Crippen LogP contribution >= 0.6 is 0 Å². The van der Waals surface area contributed by atoms with Gasteiger partial charge in [0.25, 0.3) is 0 Å². The van der Waals surface area contributed by atoms with Crippen LogP contribution in [-0.4, -0.2) is 49.7 Å². The van der Waals surface area contributed by atoms with Gasteiger partial charge in [0.05, 0.1) is 23.3 Å². The second kappa shape index (κ2) is 11.4. The van der Waals surface area contributed by atoms with E-state index in [4.69, 9.17) is 4.74 Å². The van der Waals surface area contributed by atoms with Crippen molar-refractivity contribution in [1.82, 2.24) is 4.90 Å². The van der Waals surface area contributed by atoms with Crippen LogP contribution in [0.25, 0.3) is 0 Å². The number of carbonyl (C=O) groups is 1. The molecule has 0 radical (unpaired) electrons. The van der Waals surface area contributed by atoms with E-state index in [2.05, 4.69) is 102 Å². The van der Waals surface area contributed by atoms with Crippen molar-refractivity contribution in [2.45, 2.75) is 51.7 Å². The Balaban J connectivity index is 1.34. The number of para-hydroxylation sites is 2. The van der Waals surface area contributed by atoms with Crippen LogP contribution in [0.3, 0.4) is 0 Å².